The van der Waals surface area contributed by atoms with Crippen molar-refractivity contribution in [2.75, 3.05) is 35.6 Å². The van der Waals surface area contributed by atoms with Gasteiger partial charge in [-0.25, -0.2) is 17.8 Å². The molecule has 2 aromatic rings. The second-order valence-electron chi connectivity index (χ2n) is 8.87. The Morgan fingerprint density at radius 2 is 1.94 bits per heavy atom. The minimum atomic E-state index is -3.48. The second-order valence-corrected chi connectivity index (χ2v) is 11.9. The number of nitrogens with one attached hydrogen (secondary N) is 1. The van der Waals surface area contributed by atoms with Gasteiger partial charge in [-0.2, -0.15) is 4.37 Å². The Labute approximate surface area is 198 Å². The van der Waals surface area contributed by atoms with E-state index in [1.54, 1.807) is 0 Å². The normalized spacial score (nSPS) is 20.2. The van der Waals surface area contributed by atoms with E-state index < -0.39 is 21.7 Å². The van der Waals surface area contributed by atoms with Crippen LogP contribution >= 0.6 is 11.5 Å². The molecule has 0 spiro atoms. The Hall–Kier alpha value is -2.27. The first-order chi connectivity index (χ1) is 15.7. The highest BCUT2D eigenvalue weighted by molar-refractivity contribution is 7.91. The van der Waals surface area contributed by atoms with Gasteiger partial charge in [-0.1, -0.05) is 20.8 Å². The van der Waals surface area contributed by atoms with Gasteiger partial charge in [0.05, 0.1) is 16.3 Å². The molecule has 2 saturated heterocycles. The molecular weight excluding hydrogens is 465 g/mol. The molecule has 180 valence electrons. The minimum Gasteiger partial charge on any atom is -0.371 e. The zero-order chi connectivity index (χ0) is 23.8. The highest BCUT2D eigenvalue weighted by atomic mass is 32.2. The molecule has 2 aliphatic rings. The molecule has 0 aliphatic carbocycles. The van der Waals surface area contributed by atoms with E-state index in [-0.39, 0.29) is 28.3 Å². The van der Waals surface area contributed by atoms with Crippen LogP contribution in [0.5, 0.6) is 0 Å². The smallest absolute Gasteiger partial charge is 0.245 e. The Morgan fingerprint density at radius 1 is 1.21 bits per heavy atom. The fourth-order valence-corrected chi connectivity index (χ4v) is 6.07. The van der Waals surface area contributed by atoms with Crippen LogP contribution in [-0.4, -0.2) is 66.1 Å². The van der Waals surface area contributed by atoms with Gasteiger partial charge >= 0.3 is 0 Å². The van der Waals surface area contributed by atoms with Crippen LogP contribution in [0.25, 0.3) is 0 Å². The molecule has 1 aromatic heterocycles. The maximum Gasteiger partial charge on any atom is 0.245 e. The maximum atomic E-state index is 14.5. The summed E-state index contributed by atoms with van der Waals surface area (Å²) in [6.45, 7) is 7.94. The van der Waals surface area contributed by atoms with E-state index in [1.807, 2.05) is 4.90 Å². The molecule has 1 amide bonds. The summed E-state index contributed by atoms with van der Waals surface area (Å²) < 4.78 is 42.9. The van der Waals surface area contributed by atoms with Crippen LogP contribution in [0.3, 0.4) is 0 Å². The van der Waals surface area contributed by atoms with Crippen molar-refractivity contribution < 1.29 is 17.6 Å². The molecule has 0 radical (unpaired) electrons. The van der Waals surface area contributed by atoms with E-state index in [2.05, 4.69) is 33.4 Å². The average Bonchev–Trinajstić information content (AvgIpc) is 3.43. The number of hydrogen-bond acceptors (Lipinski definition) is 8. The number of carbonyl (C=O) groups excluding carboxylic acids is 1. The van der Waals surface area contributed by atoms with Gasteiger partial charge in [0.2, 0.25) is 11.0 Å². The molecule has 0 saturated carbocycles. The largest absolute Gasteiger partial charge is 0.371 e. The van der Waals surface area contributed by atoms with Crippen molar-refractivity contribution in [3.8, 4) is 0 Å². The summed E-state index contributed by atoms with van der Waals surface area (Å²) in [4.78, 5) is 21.8. The summed E-state index contributed by atoms with van der Waals surface area (Å²) in [5.74, 6) is 0.383. The summed E-state index contributed by atoms with van der Waals surface area (Å²) in [7, 11) is -3.48. The fourth-order valence-electron chi connectivity index (χ4n) is 4.32. The second kappa shape index (κ2) is 9.54. The number of hydrogen-bond donors (Lipinski definition) is 1. The molecule has 1 N–H and O–H groups in total. The van der Waals surface area contributed by atoms with Gasteiger partial charge in [-0.05, 0) is 37.5 Å². The van der Waals surface area contributed by atoms with E-state index in [0.717, 1.165) is 43.0 Å². The first-order valence-electron chi connectivity index (χ1n) is 11.4. The summed E-state index contributed by atoms with van der Waals surface area (Å²) in [6, 6.07) is 3.45. The predicted molar refractivity (Wildman–Crippen MR) is 127 cm³/mol. The van der Waals surface area contributed by atoms with Crippen LogP contribution in [0, 0.1) is 5.82 Å². The lowest BCUT2D eigenvalue weighted by Crippen LogP contribution is -2.47. The molecule has 8 nitrogen and oxygen atoms in total. The zero-order valence-corrected chi connectivity index (χ0v) is 20.8. The third kappa shape index (κ3) is 4.98. The highest BCUT2D eigenvalue weighted by Crippen LogP contribution is 2.29. The van der Waals surface area contributed by atoms with Crippen molar-refractivity contribution in [1.29, 1.82) is 0 Å². The number of amides is 1. The number of likely N-dealkylation sites (tertiary alicyclic amines) is 1. The Bertz CT molecular complexity index is 1110. The average molecular weight is 496 g/mol. The van der Waals surface area contributed by atoms with Crippen molar-refractivity contribution >= 4 is 38.1 Å². The summed E-state index contributed by atoms with van der Waals surface area (Å²) in [5, 5.41) is 3.92. The number of sulfone groups is 1. The third-order valence-corrected chi connectivity index (χ3v) is 8.90. The molecule has 0 bridgehead atoms. The van der Waals surface area contributed by atoms with Crippen LogP contribution < -0.4 is 10.2 Å². The molecule has 1 aromatic carbocycles. The van der Waals surface area contributed by atoms with E-state index in [1.165, 1.54) is 30.6 Å². The number of rotatable bonds is 7. The lowest BCUT2D eigenvalue weighted by atomic mass is 10.0. The summed E-state index contributed by atoms with van der Waals surface area (Å²) in [6.07, 6.45) is 2.29. The van der Waals surface area contributed by atoms with Crippen LogP contribution in [0.15, 0.2) is 23.1 Å². The van der Waals surface area contributed by atoms with E-state index in [4.69, 9.17) is 0 Å². The topological polar surface area (TPSA) is 95.5 Å². The van der Waals surface area contributed by atoms with Gasteiger partial charge in [0.15, 0.2) is 9.84 Å². The minimum absolute atomic E-state index is 0.0314. The Morgan fingerprint density at radius 3 is 2.55 bits per heavy atom. The molecule has 2 aliphatic heterocycles. The van der Waals surface area contributed by atoms with Crippen LogP contribution in [0.2, 0.25) is 0 Å². The highest BCUT2D eigenvalue weighted by Gasteiger charge is 2.37. The Balaban J connectivity index is 1.35. The van der Waals surface area contributed by atoms with Crippen LogP contribution in [0.1, 0.15) is 51.8 Å². The predicted octanol–water partition coefficient (Wildman–Crippen LogP) is 3.28. The summed E-state index contributed by atoms with van der Waals surface area (Å²) >= 11 is 1.43. The molecule has 33 heavy (non-hydrogen) atoms. The lowest BCUT2D eigenvalue weighted by molar-refractivity contribution is -0.130. The monoisotopic (exact) mass is 495 g/mol. The van der Waals surface area contributed by atoms with Crippen molar-refractivity contribution in [2.45, 2.75) is 62.9 Å². The van der Waals surface area contributed by atoms with Gasteiger partial charge in [0.1, 0.15) is 17.7 Å². The Kier molecular flexibility index (Phi) is 6.90. The van der Waals surface area contributed by atoms with Crippen LogP contribution in [-0.2, 0) is 14.6 Å². The third-order valence-electron chi connectivity index (χ3n) is 6.37. The zero-order valence-electron chi connectivity index (χ0n) is 19.1. The quantitative estimate of drug-likeness (QED) is 0.630. The van der Waals surface area contributed by atoms with Gasteiger partial charge in [-0.15, -0.1) is 0 Å². The van der Waals surface area contributed by atoms with Crippen LogP contribution in [0.4, 0.5) is 15.2 Å². The molecule has 11 heteroatoms. The SMILES string of the molecule is CCS(=O)(=O)c1ccc(N[C@H]2CCN(C3CCN(c4nc(C(C)C)ns4)CC3)C2=O)c(F)c1. The number of halogens is 1. The fraction of sp³-hybridized carbons (Fsp3) is 0.591. The standard InChI is InChI=1S/C22H30FN5O3S2/c1-4-33(30,31)16-5-6-18(17(23)13-16)24-19-9-12-28(21(19)29)15-7-10-27(11-8-15)22-25-20(14(2)3)26-32-22/h5-6,13-15,19,24H,4,7-12H2,1-3H3/t19-/m0/s1. The van der Waals surface area contributed by atoms with Gasteiger partial charge < -0.3 is 15.1 Å². The van der Waals surface area contributed by atoms with E-state index in [0.29, 0.717) is 18.9 Å². The van der Waals surface area contributed by atoms with Gasteiger partial charge in [0, 0.05) is 43.1 Å². The summed E-state index contributed by atoms with van der Waals surface area (Å²) in [5.41, 5.74) is 0.150. The number of benzene rings is 1. The first kappa shape index (κ1) is 23.9. The number of anilines is 2. The molecular formula is C22H30FN5O3S2. The van der Waals surface area contributed by atoms with E-state index in [9.17, 15) is 17.6 Å². The number of aromatic nitrogens is 2. The van der Waals surface area contributed by atoms with Crippen molar-refractivity contribution in [3.63, 3.8) is 0 Å². The maximum absolute atomic E-state index is 14.5. The molecule has 2 fully saturated rings. The van der Waals surface area contributed by atoms with Crippen molar-refractivity contribution in [3.05, 3.63) is 29.8 Å². The van der Waals surface area contributed by atoms with Gasteiger partial charge in [0.25, 0.3) is 0 Å². The molecule has 3 heterocycles. The number of piperidine rings is 1. The van der Waals surface area contributed by atoms with Crippen molar-refractivity contribution in [2.24, 2.45) is 0 Å². The van der Waals surface area contributed by atoms with E-state index >= 15 is 0 Å². The molecule has 1 atom stereocenters. The number of carbonyl (C=O) groups is 1. The number of nitrogens with zero attached hydrogens (tertiary/aromatic N) is 4. The first-order valence-corrected chi connectivity index (χ1v) is 13.8. The molecule has 0 unspecified atom stereocenters. The van der Waals surface area contributed by atoms with Crippen molar-refractivity contribution in [1.82, 2.24) is 14.3 Å². The molecule has 4 rings (SSSR count). The van der Waals surface area contributed by atoms with Gasteiger partial charge in [-0.3, -0.25) is 4.79 Å². The lowest BCUT2D eigenvalue weighted by Gasteiger charge is -2.36.